The van der Waals surface area contributed by atoms with Gasteiger partial charge in [0, 0.05) is 5.75 Å². The zero-order valence-electron chi connectivity index (χ0n) is 6.45. The predicted octanol–water partition coefficient (Wildman–Crippen LogP) is -0.0158. The van der Waals surface area contributed by atoms with Gasteiger partial charge in [0.1, 0.15) is 9.84 Å². The minimum Gasteiger partial charge on any atom is -0.468 e. The van der Waals surface area contributed by atoms with Crippen molar-refractivity contribution >= 4 is 16.3 Å². The number of hydrogen-bond acceptors (Lipinski definition) is 4. The van der Waals surface area contributed by atoms with E-state index in [-0.39, 0.29) is 18.1 Å². The van der Waals surface area contributed by atoms with Crippen LogP contribution >= 0.6 is 0 Å². The molecule has 0 bridgehead atoms. The normalized spacial score (nSPS) is 11.0. The molecule has 0 radical (unpaired) electrons. The molecular weight excluding hydrogens is 168 g/mol. The third-order valence-corrected chi connectivity index (χ3v) is 3.02. The molecule has 0 heterocycles. The minimum absolute atomic E-state index is 0.0946. The Balaban J connectivity index is 3.46. The van der Waals surface area contributed by atoms with Crippen molar-refractivity contribution in [2.24, 2.45) is 0 Å². The number of hydrogen-bond donors (Lipinski definition) is 0. The SMILES string of the molecule is CCS(=O)(=O)CCCOC=O. The van der Waals surface area contributed by atoms with Gasteiger partial charge in [-0.3, -0.25) is 4.79 Å². The van der Waals surface area contributed by atoms with Crippen molar-refractivity contribution in [3.63, 3.8) is 0 Å². The molecule has 0 unspecified atom stereocenters. The lowest BCUT2D eigenvalue weighted by Gasteiger charge is -1.98. The second-order valence-corrected chi connectivity index (χ2v) is 4.53. The molecule has 0 saturated carbocycles. The van der Waals surface area contributed by atoms with Crippen molar-refractivity contribution in [3.05, 3.63) is 0 Å². The molecule has 0 aromatic carbocycles. The van der Waals surface area contributed by atoms with Crippen molar-refractivity contribution in [3.8, 4) is 0 Å². The molecule has 0 aromatic heterocycles. The molecule has 0 fully saturated rings. The molecule has 0 rings (SSSR count). The zero-order valence-corrected chi connectivity index (χ0v) is 7.26. The number of carbonyl (C=O) groups excluding carboxylic acids is 1. The van der Waals surface area contributed by atoms with Crippen LogP contribution < -0.4 is 0 Å². The first-order chi connectivity index (χ1) is 5.12. The second kappa shape index (κ2) is 5.12. The van der Waals surface area contributed by atoms with E-state index in [4.69, 9.17) is 0 Å². The first-order valence-corrected chi connectivity index (χ1v) is 5.20. The summed E-state index contributed by atoms with van der Waals surface area (Å²) < 4.78 is 26.0. The highest BCUT2D eigenvalue weighted by molar-refractivity contribution is 7.91. The number of sulfone groups is 1. The van der Waals surface area contributed by atoms with Gasteiger partial charge in [-0.25, -0.2) is 8.42 Å². The minimum atomic E-state index is -2.90. The van der Waals surface area contributed by atoms with Gasteiger partial charge in [0.15, 0.2) is 0 Å². The maximum absolute atomic E-state index is 10.8. The molecule has 0 aromatic rings. The van der Waals surface area contributed by atoms with Gasteiger partial charge >= 0.3 is 0 Å². The molecule has 66 valence electrons. The highest BCUT2D eigenvalue weighted by atomic mass is 32.2. The van der Waals surface area contributed by atoms with Crippen LogP contribution in [0.4, 0.5) is 0 Å². The Morgan fingerprint density at radius 3 is 2.55 bits per heavy atom. The van der Waals surface area contributed by atoms with E-state index in [0.29, 0.717) is 12.9 Å². The van der Waals surface area contributed by atoms with Crippen molar-refractivity contribution in [1.29, 1.82) is 0 Å². The molecule has 11 heavy (non-hydrogen) atoms. The van der Waals surface area contributed by atoms with Crippen LogP contribution in [0.15, 0.2) is 0 Å². The average Bonchev–Trinajstić information content (AvgIpc) is 1.99. The predicted molar refractivity (Wildman–Crippen MR) is 41.0 cm³/mol. The quantitative estimate of drug-likeness (QED) is 0.426. The van der Waals surface area contributed by atoms with E-state index in [9.17, 15) is 13.2 Å². The average molecular weight is 180 g/mol. The summed E-state index contributed by atoms with van der Waals surface area (Å²) in [6.07, 6.45) is 0.384. The van der Waals surface area contributed by atoms with E-state index >= 15 is 0 Å². The molecule has 0 spiro atoms. The first-order valence-electron chi connectivity index (χ1n) is 3.38. The van der Waals surface area contributed by atoms with Gasteiger partial charge in [0.2, 0.25) is 0 Å². The van der Waals surface area contributed by atoms with E-state index in [1.807, 2.05) is 0 Å². The van der Waals surface area contributed by atoms with Crippen molar-refractivity contribution < 1.29 is 17.9 Å². The molecule has 5 heteroatoms. The molecule has 0 saturated heterocycles. The Morgan fingerprint density at radius 1 is 1.45 bits per heavy atom. The molecule has 0 aliphatic carbocycles. The monoisotopic (exact) mass is 180 g/mol. The fraction of sp³-hybridized carbons (Fsp3) is 0.833. The lowest BCUT2D eigenvalue weighted by atomic mass is 10.5. The molecular formula is C6H12O4S. The maximum atomic E-state index is 10.8. The zero-order chi connectivity index (χ0) is 8.74. The van der Waals surface area contributed by atoms with E-state index < -0.39 is 9.84 Å². The highest BCUT2D eigenvalue weighted by Crippen LogP contribution is 1.92. The summed E-state index contributed by atoms with van der Waals surface area (Å²) in [5, 5.41) is 0. The smallest absolute Gasteiger partial charge is 0.293 e. The topological polar surface area (TPSA) is 60.4 Å². The third-order valence-electron chi connectivity index (χ3n) is 1.23. The Kier molecular flexibility index (Phi) is 4.85. The van der Waals surface area contributed by atoms with Gasteiger partial charge in [-0.15, -0.1) is 0 Å². The number of rotatable bonds is 6. The molecule has 0 N–H and O–H groups in total. The van der Waals surface area contributed by atoms with Gasteiger partial charge in [-0.1, -0.05) is 6.92 Å². The molecule has 0 amide bonds. The summed E-state index contributed by atoms with van der Waals surface area (Å²) in [7, 11) is -2.90. The van der Waals surface area contributed by atoms with Gasteiger partial charge < -0.3 is 4.74 Å². The summed E-state index contributed by atoms with van der Waals surface area (Å²) in [6, 6.07) is 0. The molecule has 0 aliphatic heterocycles. The van der Waals surface area contributed by atoms with E-state index in [0.717, 1.165) is 0 Å². The molecule has 4 nitrogen and oxygen atoms in total. The summed E-state index contributed by atoms with van der Waals surface area (Å²) in [5.41, 5.74) is 0. The lowest BCUT2D eigenvalue weighted by molar-refractivity contribution is -0.128. The van der Waals surface area contributed by atoms with Crippen LogP contribution in [0.3, 0.4) is 0 Å². The van der Waals surface area contributed by atoms with Crippen LogP contribution in [0.25, 0.3) is 0 Å². The fourth-order valence-electron chi connectivity index (χ4n) is 0.555. The first kappa shape index (κ1) is 10.4. The van der Waals surface area contributed by atoms with Gasteiger partial charge in [-0.2, -0.15) is 0 Å². The summed E-state index contributed by atoms with van der Waals surface area (Å²) in [5.74, 6) is 0.241. The lowest BCUT2D eigenvalue weighted by Crippen LogP contribution is -2.10. The van der Waals surface area contributed by atoms with Crippen molar-refractivity contribution in [2.75, 3.05) is 18.1 Å². The maximum Gasteiger partial charge on any atom is 0.293 e. The standard InChI is InChI=1S/C6H12O4S/c1-2-11(8,9)5-3-4-10-6-7/h6H,2-5H2,1H3. The Morgan fingerprint density at radius 2 is 2.09 bits per heavy atom. The van der Waals surface area contributed by atoms with Crippen LogP contribution in [-0.2, 0) is 19.4 Å². The van der Waals surface area contributed by atoms with E-state index in [1.54, 1.807) is 6.92 Å². The van der Waals surface area contributed by atoms with Crippen LogP contribution in [0, 0.1) is 0 Å². The fourth-order valence-corrected chi connectivity index (χ4v) is 1.40. The van der Waals surface area contributed by atoms with Gasteiger partial charge in [0.05, 0.1) is 12.4 Å². The van der Waals surface area contributed by atoms with Crippen LogP contribution in [-0.4, -0.2) is 33.0 Å². The summed E-state index contributed by atoms with van der Waals surface area (Å²) >= 11 is 0. The third kappa shape index (κ3) is 5.84. The largest absolute Gasteiger partial charge is 0.468 e. The number of carbonyl (C=O) groups is 1. The number of ether oxygens (including phenoxy) is 1. The molecule has 0 atom stereocenters. The molecule has 0 aliphatic rings. The highest BCUT2D eigenvalue weighted by Gasteiger charge is 2.05. The Hall–Kier alpha value is -0.580. The Bertz CT molecular complexity index is 195. The van der Waals surface area contributed by atoms with E-state index in [1.165, 1.54) is 0 Å². The summed E-state index contributed by atoms with van der Waals surface area (Å²) in [6.45, 7) is 2.09. The van der Waals surface area contributed by atoms with Gasteiger partial charge in [-0.05, 0) is 6.42 Å². The van der Waals surface area contributed by atoms with Crippen LogP contribution in [0.2, 0.25) is 0 Å². The van der Waals surface area contributed by atoms with Crippen molar-refractivity contribution in [2.45, 2.75) is 13.3 Å². The summed E-state index contributed by atoms with van der Waals surface area (Å²) in [4.78, 5) is 9.63. The Labute approximate surface area is 66.5 Å². The van der Waals surface area contributed by atoms with Crippen LogP contribution in [0.5, 0.6) is 0 Å². The van der Waals surface area contributed by atoms with Crippen molar-refractivity contribution in [1.82, 2.24) is 0 Å². The second-order valence-electron chi connectivity index (χ2n) is 2.06. The van der Waals surface area contributed by atoms with E-state index in [2.05, 4.69) is 4.74 Å². The van der Waals surface area contributed by atoms with Crippen LogP contribution in [0.1, 0.15) is 13.3 Å². The van der Waals surface area contributed by atoms with Gasteiger partial charge in [0.25, 0.3) is 6.47 Å².